The number of Topliss-reactive ketones (excluding diaryl/α,β-unsaturated/α-hetero) is 2. The van der Waals surface area contributed by atoms with Crippen LogP contribution in [0.5, 0.6) is 11.5 Å². The molecule has 2 aromatic carbocycles. The molecule has 4 atom stereocenters. The number of hydrogen-bond donors (Lipinski definition) is 0. The molecule has 174 valence electrons. The summed E-state index contributed by atoms with van der Waals surface area (Å²) in [6, 6.07) is 12.9. The van der Waals surface area contributed by atoms with E-state index < -0.39 is 46.5 Å². The number of cyclic esters (lactones) is 2. The van der Waals surface area contributed by atoms with Crippen molar-refractivity contribution in [3.63, 3.8) is 0 Å². The van der Waals surface area contributed by atoms with Gasteiger partial charge < -0.3 is 18.9 Å². The quantitative estimate of drug-likeness (QED) is 0.551. The van der Waals surface area contributed by atoms with Gasteiger partial charge in [0.2, 0.25) is 0 Å². The molecule has 1 saturated carbocycles. The molecule has 0 N–H and O–H groups in total. The second-order valence-corrected chi connectivity index (χ2v) is 9.04. The summed E-state index contributed by atoms with van der Waals surface area (Å²) in [7, 11) is 0. The lowest BCUT2D eigenvalue weighted by atomic mass is 9.45. The summed E-state index contributed by atoms with van der Waals surface area (Å²) in [5, 5.41) is 0. The zero-order valence-corrected chi connectivity index (χ0v) is 18.3. The Bertz CT molecular complexity index is 1140. The largest absolute Gasteiger partial charge is 0.469 e. The molecule has 4 aliphatic rings. The van der Waals surface area contributed by atoms with Crippen molar-refractivity contribution in [2.24, 2.45) is 11.8 Å². The van der Waals surface area contributed by atoms with Gasteiger partial charge in [-0.3, -0.25) is 9.59 Å². The fraction of sp³-hybridized carbons (Fsp3) is 0.385. The van der Waals surface area contributed by atoms with E-state index in [2.05, 4.69) is 0 Å². The van der Waals surface area contributed by atoms with Crippen molar-refractivity contribution < 1.29 is 38.1 Å². The van der Waals surface area contributed by atoms with Crippen LogP contribution < -0.4 is 9.47 Å². The van der Waals surface area contributed by atoms with Crippen LogP contribution in [-0.2, 0) is 19.1 Å². The lowest BCUT2D eigenvalue weighted by Crippen LogP contribution is -2.90. The second kappa shape index (κ2) is 7.41. The van der Waals surface area contributed by atoms with Gasteiger partial charge in [0.05, 0.1) is 36.2 Å². The summed E-state index contributed by atoms with van der Waals surface area (Å²) in [5.74, 6) is -5.03. The van der Waals surface area contributed by atoms with E-state index in [1.165, 1.54) is 0 Å². The van der Waals surface area contributed by atoms with Gasteiger partial charge in [0, 0.05) is 0 Å². The summed E-state index contributed by atoms with van der Waals surface area (Å²) >= 11 is 0. The topological polar surface area (TPSA) is 105 Å². The molecule has 3 aliphatic heterocycles. The van der Waals surface area contributed by atoms with Gasteiger partial charge >= 0.3 is 11.9 Å². The molecule has 0 aromatic heterocycles. The molecule has 1 aliphatic carbocycles. The number of esters is 2. The number of benzene rings is 2. The third-order valence-corrected chi connectivity index (χ3v) is 7.28. The first-order chi connectivity index (χ1) is 16.5. The number of fused-ring (bicyclic) bond motifs is 3. The van der Waals surface area contributed by atoms with Crippen molar-refractivity contribution in [3.8, 4) is 11.5 Å². The van der Waals surface area contributed by atoms with E-state index in [1.807, 2.05) is 0 Å². The van der Waals surface area contributed by atoms with Gasteiger partial charge in [-0.1, -0.05) is 24.3 Å². The zero-order valence-electron chi connectivity index (χ0n) is 18.3. The van der Waals surface area contributed by atoms with Crippen LogP contribution in [0.15, 0.2) is 48.5 Å². The maximum absolute atomic E-state index is 13.7. The van der Waals surface area contributed by atoms with Crippen LogP contribution in [0.1, 0.15) is 46.4 Å². The highest BCUT2D eigenvalue weighted by Crippen LogP contribution is 2.64. The van der Waals surface area contributed by atoms with E-state index in [-0.39, 0.29) is 35.8 Å². The Morgan fingerprint density at radius 2 is 1.00 bits per heavy atom. The maximum Gasteiger partial charge on any atom is 0.356 e. The van der Waals surface area contributed by atoms with Crippen molar-refractivity contribution in [2.75, 3.05) is 13.2 Å². The van der Waals surface area contributed by atoms with E-state index in [0.717, 1.165) is 12.8 Å². The molecule has 34 heavy (non-hydrogen) atoms. The van der Waals surface area contributed by atoms with E-state index in [9.17, 15) is 19.2 Å². The average Bonchev–Trinajstić information content (AvgIpc) is 2.84. The van der Waals surface area contributed by atoms with Crippen LogP contribution in [0.3, 0.4) is 0 Å². The van der Waals surface area contributed by atoms with Gasteiger partial charge in [0.25, 0.3) is 11.2 Å². The van der Waals surface area contributed by atoms with Crippen LogP contribution in [0.2, 0.25) is 0 Å². The molecule has 2 aromatic rings. The summed E-state index contributed by atoms with van der Waals surface area (Å²) in [5.41, 5.74) is -3.87. The van der Waals surface area contributed by atoms with Crippen LogP contribution in [0.4, 0.5) is 0 Å². The van der Waals surface area contributed by atoms with Crippen molar-refractivity contribution >= 4 is 23.5 Å². The molecular formula is C26H22O8. The third kappa shape index (κ3) is 2.48. The molecule has 0 unspecified atom stereocenters. The zero-order chi connectivity index (χ0) is 23.5. The van der Waals surface area contributed by atoms with Gasteiger partial charge in [-0.25, -0.2) is 9.59 Å². The van der Waals surface area contributed by atoms with Crippen LogP contribution >= 0.6 is 0 Å². The Hall–Kier alpha value is -3.68. The summed E-state index contributed by atoms with van der Waals surface area (Å²) in [4.78, 5) is 54.9. The molecule has 8 nitrogen and oxygen atoms in total. The number of carbonyl (C=O) groups is 4. The molecule has 2 spiro atoms. The monoisotopic (exact) mass is 462 g/mol. The Morgan fingerprint density at radius 3 is 1.44 bits per heavy atom. The fourth-order valence-corrected chi connectivity index (χ4v) is 5.73. The predicted molar refractivity (Wildman–Crippen MR) is 116 cm³/mol. The highest BCUT2D eigenvalue weighted by atomic mass is 16.6. The van der Waals surface area contributed by atoms with E-state index in [1.54, 1.807) is 48.5 Å². The van der Waals surface area contributed by atoms with Crippen molar-refractivity contribution in [2.45, 2.75) is 36.9 Å². The second-order valence-electron chi connectivity index (χ2n) is 9.04. The third-order valence-electron chi connectivity index (χ3n) is 7.28. The maximum atomic E-state index is 13.7. The minimum absolute atomic E-state index is 0.104. The standard InChI is InChI=1S/C26H22O8/c27-21-15-9-3-5-11-17(15)33-25-19(21)20-22(28)16-10-4-6-12-18(16)34-26(20,25)24(30)32-14-8-2-1-7-13-31-23(25)29/h3-6,9-12,19-20H,1-2,7-8,13-14H2/t19-,20-,25-,26-/m0/s1. The number of para-hydroxylation sites is 2. The molecule has 0 bridgehead atoms. The number of rotatable bonds is 0. The number of ether oxygens (including phenoxy) is 4. The molecule has 0 radical (unpaired) electrons. The normalized spacial score (nSPS) is 32.2. The first-order valence-electron chi connectivity index (χ1n) is 11.5. The van der Waals surface area contributed by atoms with E-state index >= 15 is 0 Å². The lowest BCUT2D eigenvalue weighted by Gasteiger charge is -2.64. The Morgan fingerprint density at radius 1 is 0.588 bits per heavy atom. The van der Waals surface area contributed by atoms with Gasteiger partial charge in [-0.05, 0) is 49.9 Å². The molecule has 8 heteroatoms. The molecule has 1 saturated heterocycles. The van der Waals surface area contributed by atoms with E-state index in [0.29, 0.717) is 12.8 Å². The predicted octanol–water partition coefficient (Wildman–Crippen LogP) is 2.92. The molecule has 3 heterocycles. The van der Waals surface area contributed by atoms with Crippen molar-refractivity contribution in [3.05, 3.63) is 59.7 Å². The first kappa shape index (κ1) is 20.9. The van der Waals surface area contributed by atoms with Crippen molar-refractivity contribution in [1.82, 2.24) is 0 Å². The summed E-state index contributed by atoms with van der Waals surface area (Å²) < 4.78 is 23.6. The SMILES string of the molecule is O=C1c2ccccc2O[C@@]23C(=O)OCCCCCCOC(=O)[C@]24Oc2ccccc2C(=O)[C@@H]4[C@@H]13. The minimum Gasteiger partial charge on any atom is -0.469 e. The molecule has 2 fully saturated rings. The molecule has 0 amide bonds. The van der Waals surface area contributed by atoms with Gasteiger partial charge in [0.15, 0.2) is 11.6 Å². The summed E-state index contributed by atoms with van der Waals surface area (Å²) in [6.45, 7) is 0.208. The number of ketones is 2. The highest BCUT2D eigenvalue weighted by molar-refractivity contribution is 6.19. The van der Waals surface area contributed by atoms with Crippen molar-refractivity contribution in [1.29, 1.82) is 0 Å². The average molecular weight is 462 g/mol. The van der Waals surface area contributed by atoms with Crippen LogP contribution in [0.25, 0.3) is 0 Å². The Labute approximate surface area is 195 Å². The Balaban J connectivity index is 1.59. The smallest absolute Gasteiger partial charge is 0.356 e. The van der Waals surface area contributed by atoms with Crippen LogP contribution in [0, 0.1) is 11.8 Å². The molecule has 6 rings (SSSR count). The van der Waals surface area contributed by atoms with Crippen LogP contribution in [-0.4, -0.2) is 47.9 Å². The number of carbonyl (C=O) groups excluding carboxylic acids is 4. The van der Waals surface area contributed by atoms with Gasteiger partial charge in [-0.15, -0.1) is 0 Å². The number of hydrogen-bond acceptors (Lipinski definition) is 8. The van der Waals surface area contributed by atoms with Gasteiger partial charge in [0.1, 0.15) is 11.5 Å². The fourth-order valence-electron chi connectivity index (χ4n) is 5.73. The minimum atomic E-state index is -2.18. The molecular weight excluding hydrogens is 440 g/mol. The lowest BCUT2D eigenvalue weighted by molar-refractivity contribution is -0.262. The Kier molecular flexibility index (Phi) is 4.56. The summed E-state index contributed by atoms with van der Waals surface area (Å²) in [6.07, 6.45) is 2.81. The highest BCUT2D eigenvalue weighted by Gasteiger charge is 2.90. The van der Waals surface area contributed by atoms with Gasteiger partial charge in [-0.2, -0.15) is 0 Å². The first-order valence-corrected chi connectivity index (χ1v) is 11.5. The van der Waals surface area contributed by atoms with E-state index in [4.69, 9.17) is 18.9 Å².